The summed E-state index contributed by atoms with van der Waals surface area (Å²) in [6.07, 6.45) is 3.36. The Labute approximate surface area is 162 Å². The third kappa shape index (κ3) is 3.90. The van der Waals surface area contributed by atoms with Crippen molar-refractivity contribution >= 4 is 15.5 Å². The van der Waals surface area contributed by atoms with Crippen LogP contribution in [0.4, 0.5) is 5.69 Å². The minimum Gasteiger partial charge on any atom is -0.369 e. The summed E-state index contributed by atoms with van der Waals surface area (Å²) in [7, 11) is -3.20. The van der Waals surface area contributed by atoms with Crippen molar-refractivity contribution in [3.63, 3.8) is 0 Å². The molecule has 27 heavy (non-hydrogen) atoms. The SMILES string of the molecule is O=S(=O)(c1ccccc1)C1(CCCN2CCN(c3ccccc3)CC2)CC1. The molecule has 0 bridgehead atoms. The molecule has 0 radical (unpaired) electrons. The lowest BCUT2D eigenvalue weighted by atomic mass is 10.2. The lowest BCUT2D eigenvalue weighted by Gasteiger charge is -2.36. The summed E-state index contributed by atoms with van der Waals surface area (Å²) in [5.41, 5.74) is 1.29. The molecule has 0 N–H and O–H groups in total. The Morgan fingerprint density at radius 1 is 0.815 bits per heavy atom. The van der Waals surface area contributed by atoms with Crippen LogP contribution >= 0.6 is 0 Å². The number of hydrogen-bond donors (Lipinski definition) is 0. The molecule has 0 spiro atoms. The first-order valence-corrected chi connectivity index (χ1v) is 11.4. The highest BCUT2D eigenvalue weighted by atomic mass is 32.2. The van der Waals surface area contributed by atoms with Gasteiger partial charge in [0.25, 0.3) is 0 Å². The number of para-hydroxylation sites is 1. The summed E-state index contributed by atoms with van der Waals surface area (Å²) >= 11 is 0. The number of piperazine rings is 1. The third-order valence-electron chi connectivity index (χ3n) is 6.03. The highest BCUT2D eigenvalue weighted by Gasteiger charge is 2.54. The first-order chi connectivity index (χ1) is 13.1. The van der Waals surface area contributed by atoms with Gasteiger partial charge in [-0.2, -0.15) is 0 Å². The van der Waals surface area contributed by atoms with E-state index in [0.717, 1.165) is 58.4 Å². The molecule has 1 aliphatic carbocycles. The van der Waals surface area contributed by atoms with E-state index in [9.17, 15) is 8.42 Å². The summed E-state index contributed by atoms with van der Waals surface area (Å²) in [5.74, 6) is 0. The van der Waals surface area contributed by atoms with E-state index >= 15 is 0 Å². The molecule has 2 fully saturated rings. The Morgan fingerprint density at radius 3 is 2.00 bits per heavy atom. The van der Waals surface area contributed by atoms with Crippen LogP contribution in [-0.2, 0) is 9.84 Å². The molecule has 4 rings (SSSR count). The van der Waals surface area contributed by atoms with E-state index in [-0.39, 0.29) is 0 Å². The molecule has 2 aliphatic rings. The van der Waals surface area contributed by atoms with Crippen molar-refractivity contribution in [3.8, 4) is 0 Å². The molecule has 0 aromatic heterocycles. The predicted octanol–water partition coefficient (Wildman–Crippen LogP) is 3.60. The largest absolute Gasteiger partial charge is 0.369 e. The molecule has 1 aliphatic heterocycles. The Kier molecular flexibility index (Phi) is 5.24. The smallest absolute Gasteiger partial charge is 0.184 e. The van der Waals surface area contributed by atoms with Gasteiger partial charge in [-0.3, -0.25) is 4.90 Å². The predicted molar refractivity (Wildman–Crippen MR) is 110 cm³/mol. The van der Waals surface area contributed by atoms with E-state index in [1.165, 1.54) is 5.69 Å². The van der Waals surface area contributed by atoms with Crippen molar-refractivity contribution in [2.24, 2.45) is 0 Å². The van der Waals surface area contributed by atoms with Crippen molar-refractivity contribution in [3.05, 3.63) is 60.7 Å². The van der Waals surface area contributed by atoms with Gasteiger partial charge in [0.15, 0.2) is 9.84 Å². The van der Waals surface area contributed by atoms with E-state index < -0.39 is 14.6 Å². The average molecular weight is 385 g/mol. The number of hydrogen-bond acceptors (Lipinski definition) is 4. The third-order valence-corrected chi connectivity index (χ3v) is 8.68. The second-order valence-corrected chi connectivity index (χ2v) is 10.1. The zero-order chi connectivity index (χ0) is 18.7. The summed E-state index contributed by atoms with van der Waals surface area (Å²) in [4.78, 5) is 5.39. The first-order valence-electron chi connectivity index (χ1n) is 9.93. The van der Waals surface area contributed by atoms with Crippen molar-refractivity contribution < 1.29 is 8.42 Å². The molecular weight excluding hydrogens is 356 g/mol. The van der Waals surface area contributed by atoms with Crippen LogP contribution in [0.1, 0.15) is 25.7 Å². The second kappa shape index (κ2) is 7.64. The topological polar surface area (TPSA) is 40.6 Å². The van der Waals surface area contributed by atoms with E-state index in [1.807, 2.05) is 18.2 Å². The van der Waals surface area contributed by atoms with Gasteiger partial charge in [0, 0.05) is 31.9 Å². The van der Waals surface area contributed by atoms with E-state index in [2.05, 4.69) is 40.1 Å². The molecular formula is C22H28N2O2S. The maximum atomic E-state index is 13.0. The molecule has 1 saturated heterocycles. The van der Waals surface area contributed by atoms with Crippen molar-refractivity contribution in [2.75, 3.05) is 37.6 Å². The van der Waals surface area contributed by atoms with Gasteiger partial charge in [-0.15, -0.1) is 0 Å². The quantitative estimate of drug-likeness (QED) is 0.731. The zero-order valence-corrected chi connectivity index (χ0v) is 16.6. The van der Waals surface area contributed by atoms with Crippen molar-refractivity contribution in [1.29, 1.82) is 0 Å². The lowest BCUT2D eigenvalue weighted by molar-refractivity contribution is 0.252. The Morgan fingerprint density at radius 2 is 1.41 bits per heavy atom. The normalized spacial score (nSPS) is 19.8. The Bertz CT molecular complexity index is 840. The Balaban J connectivity index is 1.27. The summed E-state index contributed by atoms with van der Waals surface area (Å²) < 4.78 is 25.5. The van der Waals surface area contributed by atoms with Gasteiger partial charge in [0.05, 0.1) is 9.64 Å². The van der Waals surface area contributed by atoms with Gasteiger partial charge in [-0.1, -0.05) is 36.4 Å². The van der Waals surface area contributed by atoms with Crippen molar-refractivity contribution in [1.82, 2.24) is 4.90 Å². The van der Waals surface area contributed by atoms with Gasteiger partial charge < -0.3 is 4.90 Å². The highest BCUT2D eigenvalue weighted by molar-refractivity contribution is 7.93. The van der Waals surface area contributed by atoms with Gasteiger partial charge in [0.2, 0.25) is 0 Å². The van der Waals surface area contributed by atoms with Crippen LogP contribution in [-0.4, -0.2) is 50.8 Å². The zero-order valence-electron chi connectivity index (χ0n) is 15.8. The molecule has 0 amide bonds. The van der Waals surface area contributed by atoms with E-state index in [0.29, 0.717) is 4.90 Å². The fourth-order valence-corrected chi connectivity index (χ4v) is 6.20. The summed E-state index contributed by atoms with van der Waals surface area (Å²) in [5, 5.41) is 0. The van der Waals surface area contributed by atoms with Crippen molar-refractivity contribution in [2.45, 2.75) is 35.3 Å². The molecule has 2 aromatic carbocycles. The number of nitrogens with zero attached hydrogens (tertiary/aromatic N) is 2. The molecule has 2 aromatic rings. The van der Waals surface area contributed by atoms with Gasteiger partial charge >= 0.3 is 0 Å². The van der Waals surface area contributed by atoms with Gasteiger partial charge in [-0.05, 0) is 56.5 Å². The van der Waals surface area contributed by atoms with Crippen LogP contribution in [0.3, 0.4) is 0 Å². The lowest BCUT2D eigenvalue weighted by Crippen LogP contribution is -2.46. The van der Waals surface area contributed by atoms with Crippen LogP contribution < -0.4 is 4.90 Å². The molecule has 1 saturated carbocycles. The molecule has 0 unspecified atom stereocenters. The number of rotatable bonds is 7. The molecule has 144 valence electrons. The monoisotopic (exact) mass is 384 g/mol. The summed E-state index contributed by atoms with van der Waals surface area (Å²) in [6, 6.07) is 19.5. The van der Waals surface area contributed by atoms with Crippen LogP contribution in [0.2, 0.25) is 0 Å². The molecule has 1 heterocycles. The van der Waals surface area contributed by atoms with E-state index in [1.54, 1.807) is 12.1 Å². The molecule has 0 atom stereocenters. The highest BCUT2D eigenvalue weighted by Crippen LogP contribution is 2.50. The maximum Gasteiger partial charge on any atom is 0.184 e. The number of anilines is 1. The van der Waals surface area contributed by atoms with Crippen LogP contribution in [0.25, 0.3) is 0 Å². The van der Waals surface area contributed by atoms with Gasteiger partial charge in [-0.25, -0.2) is 8.42 Å². The van der Waals surface area contributed by atoms with Crippen LogP contribution in [0, 0.1) is 0 Å². The molecule has 5 heteroatoms. The summed E-state index contributed by atoms with van der Waals surface area (Å²) in [6.45, 7) is 5.17. The average Bonchev–Trinajstić information content (AvgIpc) is 3.52. The maximum absolute atomic E-state index is 13.0. The van der Waals surface area contributed by atoms with Gasteiger partial charge in [0.1, 0.15) is 0 Å². The number of benzene rings is 2. The van der Waals surface area contributed by atoms with Crippen LogP contribution in [0.5, 0.6) is 0 Å². The minimum atomic E-state index is -3.20. The molecule has 4 nitrogen and oxygen atoms in total. The number of sulfone groups is 1. The standard InChI is InChI=1S/C22H28N2O2S/c25-27(26,21-10-5-2-6-11-21)22(13-14-22)12-7-15-23-16-18-24(19-17-23)20-8-3-1-4-9-20/h1-6,8-11H,7,12-19H2. The van der Waals surface area contributed by atoms with Crippen LogP contribution in [0.15, 0.2) is 65.6 Å². The fraction of sp³-hybridized carbons (Fsp3) is 0.455. The first kappa shape index (κ1) is 18.5. The van der Waals surface area contributed by atoms with E-state index in [4.69, 9.17) is 0 Å². The fourth-order valence-electron chi connectivity index (χ4n) is 4.14. The minimum absolute atomic E-state index is 0.485. The second-order valence-electron chi connectivity index (χ2n) is 7.77. The Hall–Kier alpha value is -1.85.